The van der Waals surface area contributed by atoms with Crippen LogP contribution in [0.15, 0.2) is 59.7 Å². The minimum absolute atomic E-state index is 0.143. The molecule has 31 heavy (non-hydrogen) atoms. The van der Waals surface area contributed by atoms with Gasteiger partial charge in [0.1, 0.15) is 12.3 Å². The molecule has 3 heterocycles. The first-order chi connectivity index (χ1) is 15.1. The number of aryl methyl sites for hydroxylation is 1. The highest BCUT2D eigenvalue weighted by molar-refractivity contribution is 5.90. The number of anilines is 1. The van der Waals surface area contributed by atoms with Crippen LogP contribution in [0, 0.1) is 6.92 Å². The van der Waals surface area contributed by atoms with Crippen molar-refractivity contribution in [2.75, 3.05) is 12.1 Å². The van der Waals surface area contributed by atoms with Crippen LogP contribution < -0.4 is 25.2 Å². The highest BCUT2D eigenvalue weighted by Crippen LogP contribution is 2.34. The van der Waals surface area contributed by atoms with Gasteiger partial charge in [-0.2, -0.15) is 0 Å². The highest BCUT2D eigenvalue weighted by atomic mass is 16.7. The zero-order valence-corrected chi connectivity index (χ0v) is 16.4. The van der Waals surface area contributed by atoms with Crippen molar-refractivity contribution in [3.05, 3.63) is 70.9 Å². The summed E-state index contributed by atoms with van der Waals surface area (Å²) in [5, 5.41) is 6.96. The molecule has 0 bridgehead atoms. The molecule has 4 aromatic rings. The van der Waals surface area contributed by atoms with Gasteiger partial charge in [-0.1, -0.05) is 17.7 Å². The van der Waals surface area contributed by atoms with E-state index in [1.54, 1.807) is 30.3 Å². The molecule has 2 aromatic carbocycles. The zero-order valence-electron chi connectivity index (χ0n) is 16.4. The van der Waals surface area contributed by atoms with Crippen molar-refractivity contribution in [3.63, 3.8) is 0 Å². The molecule has 2 aromatic heterocycles. The third-order valence-electron chi connectivity index (χ3n) is 4.65. The number of aromatic nitrogens is 4. The number of benzene rings is 2. The van der Waals surface area contributed by atoms with E-state index in [1.165, 1.54) is 16.8 Å². The van der Waals surface area contributed by atoms with Crippen LogP contribution in [0.5, 0.6) is 23.1 Å². The molecule has 1 aliphatic heterocycles. The number of carbonyl (C=O) groups excluding carboxylic acids is 1. The first-order valence-corrected chi connectivity index (χ1v) is 9.45. The number of carbonyl (C=O) groups is 1. The van der Waals surface area contributed by atoms with Crippen molar-refractivity contribution in [2.24, 2.45) is 0 Å². The van der Waals surface area contributed by atoms with Crippen molar-refractivity contribution >= 4 is 17.2 Å². The summed E-state index contributed by atoms with van der Waals surface area (Å²) in [6.45, 7) is 1.84. The van der Waals surface area contributed by atoms with Crippen LogP contribution in [-0.4, -0.2) is 31.9 Å². The molecule has 0 fully saturated rings. The Morgan fingerprint density at radius 2 is 1.97 bits per heavy atom. The lowest BCUT2D eigenvalue weighted by atomic mass is 10.2. The monoisotopic (exact) mass is 419 g/mol. The van der Waals surface area contributed by atoms with Gasteiger partial charge in [0.15, 0.2) is 11.5 Å². The number of ether oxygens (including phenoxy) is 3. The van der Waals surface area contributed by atoms with Gasteiger partial charge in [0.25, 0.3) is 5.88 Å². The van der Waals surface area contributed by atoms with Crippen LogP contribution in [-0.2, 0) is 11.3 Å². The van der Waals surface area contributed by atoms with Crippen LogP contribution >= 0.6 is 0 Å². The molecule has 10 nitrogen and oxygen atoms in total. The molecule has 0 radical (unpaired) electrons. The van der Waals surface area contributed by atoms with Gasteiger partial charge in [-0.25, -0.2) is 18.9 Å². The molecule has 0 atom stereocenters. The molecule has 1 aliphatic rings. The molecule has 0 saturated heterocycles. The van der Waals surface area contributed by atoms with Gasteiger partial charge in [0.2, 0.25) is 18.3 Å². The summed E-state index contributed by atoms with van der Waals surface area (Å²) < 4.78 is 18.7. The summed E-state index contributed by atoms with van der Waals surface area (Å²) in [6.07, 6.45) is 2.91. The highest BCUT2D eigenvalue weighted by Gasteiger charge is 2.17. The molecule has 0 saturated carbocycles. The van der Waals surface area contributed by atoms with Crippen molar-refractivity contribution in [2.45, 2.75) is 13.5 Å². The van der Waals surface area contributed by atoms with Crippen LogP contribution in [0.2, 0.25) is 0 Å². The maximum absolute atomic E-state index is 12.7. The summed E-state index contributed by atoms with van der Waals surface area (Å²) in [4.78, 5) is 29.3. The van der Waals surface area contributed by atoms with E-state index in [0.717, 1.165) is 10.2 Å². The Balaban J connectivity index is 1.37. The summed E-state index contributed by atoms with van der Waals surface area (Å²) in [6, 6.07) is 12.5. The first-order valence-electron chi connectivity index (χ1n) is 9.45. The lowest BCUT2D eigenvalue weighted by Crippen LogP contribution is -2.28. The van der Waals surface area contributed by atoms with E-state index >= 15 is 0 Å². The molecule has 1 N–H and O–H groups in total. The van der Waals surface area contributed by atoms with E-state index in [-0.39, 0.29) is 24.9 Å². The Bertz CT molecular complexity index is 1340. The maximum Gasteiger partial charge on any atom is 0.351 e. The lowest BCUT2D eigenvalue weighted by molar-refractivity contribution is -0.117. The molecule has 0 unspecified atom stereocenters. The van der Waals surface area contributed by atoms with Crippen LogP contribution in [0.3, 0.4) is 0 Å². The number of fused-ring (bicyclic) bond motifs is 2. The number of amides is 1. The second-order valence-electron chi connectivity index (χ2n) is 6.90. The number of hydrogen-bond donors (Lipinski definition) is 1. The molecular formula is C21H17N5O5. The summed E-state index contributed by atoms with van der Waals surface area (Å²) in [5.41, 5.74) is 1.35. The van der Waals surface area contributed by atoms with Gasteiger partial charge in [-0.3, -0.25) is 4.79 Å². The Morgan fingerprint density at radius 1 is 1.16 bits per heavy atom. The van der Waals surface area contributed by atoms with Gasteiger partial charge in [-0.15, -0.1) is 5.10 Å². The van der Waals surface area contributed by atoms with E-state index in [9.17, 15) is 9.59 Å². The summed E-state index contributed by atoms with van der Waals surface area (Å²) >= 11 is 0. The smallest absolute Gasteiger partial charge is 0.351 e. The van der Waals surface area contributed by atoms with Crippen molar-refractivity contribution in [1.82, 2.24) is 19.2 Å². The number of hydrogen-bond acceptors (Lipinski definition) is 7. The fourth-order valence-electron chi connectivity index (χ4n) is 3.13. The fourth-order valence-corrected chi connectivity index (χ4v) is 3.13. The van der Waals surface area contributed by atoms with E-state index in [1.807, 2.05) is 19.1 Å². The quantitative estimate of drug-likeness (QED) is 0.529. The third kappa shape index (κ3) is 3.66. The maximum atomic E-state index is 12.7. The van der Waals surface area contributed by atoms with E-state index < -0.39 is 11.6 Å². The zero-order chi connectivity index (χ0) is 21.4. The normalized spacial score (nSPS) is 12.2. The predicted octanol–water partition coefficient (Wildman–Crippen LogP) is 2.36. The van der Waals surface area contributed by atoms with Crippen LogP contribution in [0.1, 0.15) is 5.56 Å². The van der Waals surface area contributed by atoms with Crippen LogP contribution in [0.25, 0.3) is 5.65 Å². The van der Waals surface area contributed by atoms with Gasteiger partial charge in [-0.05, 0) is 31.2 Å². The van der Waals surface area contributed by atoms with Gasteiger partial charge < -0.3 is 19.5 Å². The Kier molecular flexibility index (Phi) is 4.51. The predicted molar refractivity (Wildman–Crippen MR) is 110 cm³/mol. The molecule has 0 spiro atoms. The third-order valence-corrected chi connectivity index (χ3v) is 4.65. The largest absolute Gasteiger partial charge is 0.454 e. The molecule has 0 aliphatic carbocycles. The number of rotatable bonds is 5. The van der Waals surface area contributed by atoms with E-state index in [0.29, 0.717) is 22.9 Å². The first kappa shape index (κ1) is 18.7. The molecule has 10 heteroatoms. The fraction of sp³-hybridized carbons (Fsp3) is 0.143. The molecule has 1 amide bonds. The van der Waals surface area contributed by atoms with Gasteiger partial charge in [0.05, 0.1) is 0 Å². The van der Waals surface area contributed by atoms with Crippen molar-refractivity contribution in [1.29, 1.82) is 0 Å². The number of nitrogens with one attached hydrogen (secondary N) is 1. The molecule has 5 rings (SSSR count). The lowest BCUT2D eigenvalue weighted by Gasteiger charge is -2.05. The second-order valence-corrected chi connectivity index (χ2v) is 6.90. The van der Waals surface area contributed by atoms with E-state index in [2.05, 4.69) is 15.4 Å². The summed E-state index contributed by atoms with van der Waals surface area (Å²) in [5.74, 6) is 1.47. The average molecular weight is 419 g/mol. The van der Waals surface area contributed by atoms with Crippen molar-refractivity contribution in [3.8, 4) is 23.1 Å². The molecular weight excluding hydrogens is 402 g/mol. The Morgan fingerprint density at radius 3 is 2.81 bits per heavy atom. The number of nitrogens with zero attached hydrogens (tertiary/aromatic N) is 4. The average Bonchev–Trinajstić information content (AvgIpc) is 3.35. The molecule has 156 valence electrons. The Labute approximate surface area is 175 Å². The van der Waals surface area contributed by atoms with Gasteiger partial charge >= 0.3 is 5.69 Å². The summed E-state index contributed by atoms with van der Waals surface area (Å²) in [7, 11) is 0. The standard InChI is InChI=1S/C21H17N5O5/c1-13-2-5-15(6-3-13)31-20-19-24-26(21(28)25(19)9-8-22-20)11-18(27)23-14-4-7-16-17(10-14)30-12-29-16/h2-10H,11-12H2,1H3,(H,23,27). The minimum atomic E-state index is -0.480. The van der Waals surface area contributed by atoms with Crippen molar-refractivity contribution < 1.29 is 19.0 Å². The second kappa shape index (κ2) is 7.48. The minimum Gasteiger partial charge on any atom is -0.454 e. The van der Waals surface area contributed by atoms with Gasteiger partial charge in [0, 0.05) is 24.1 Å². The SMILES string of the molecule is Cc1ccc(Oc2nccn3c(=O)n(CC(=O)Nc4ccc5c(c4)OCO5)nc23)cc1. The topological polar surface area (TPSA) is 109 Å². The van der Waals surface area contributed by atoms with E-state index in [4.69, 9.17) is 14.2 Å². The Hall–Kier alpha value is -4.34. The van der Waals surface area contributed by atoms with Crippen LogP contribution in [0.4, 0.5) is 5.69 Å².